The highest BCUT2D eigenvalue weighted by atomic mass is 35.5. The molecule has 0 saturated carbocycles. The van der Waals surface area contributed by atoms with Gasteiger partial charge >= 0.3 is 11.9 Å². The topological polar surface area (TPSA) is 64.6 Å². The first-order chi connectivity index (χ1) is 8.01. The second kappa shape index (κ2) is 7.38. The summed E-state index contributed by atoms with van der Waals surface area (Å²) in [6.07, 6.45) is 0.195. The lowest BCUT2D eigenvalue weighted by Crippen LogP contribution is -2.38. The lowest BCUT2D eigenvalue weighted by Gasteiger charge is -2.21. The van der Waals surface area contributed by atoms with Crippen molar-refractivity contribution < 1.29 is 19.1 Å². The van der Waals surface area contributed by atoms with Gasteiger partial charge in [0.25, 0.3) is 0 Å². The van der Waals surface area contributed by atoms with Crippen LogP contribution in [0.1, 0.15) is 13.3 Å². The Kier molecular flexibility index (Phi) is 6.94. The molecular formula is C12H20ClNO4. The Balaban J connectivity index is 0.00000289. The zero-order chi connectivity index (χ0) is 13.0. The highest BCUT2D eigenvalue weighted by molar-refractivity contribution is 5.85. The maximum absolute atomic E-state index is 11.6. The molecule has 0 aromatic carbocycles. The molecule has 1 fully saturated rings. The highest BCUT2D eigenvalue weighted by Crippen LogP contribution is 2.31. The number of carbonyl (C=O) groups excluding carboxylic acids is 2. The molecule has 0 aromatic rings. The van der Waals surface area contributed by atoms with E-state index in [1.165, 1.54) is 14.2 Å². The molecule has 1 heterocycles. The van der Waals surface area contributed by atoms with Crippen LogP contribution in [-0.2, 0) is 19.1 Å². The molecular weight excluding hydrogens is 258 g/mol. The Labute approximate surface area is 113 Å². The van der Waals surface area contributed by atoms with Gasteiger partial charge in [-0.1, -0.05) is 12.2 Å². The summed E-state index contributed by atoms with van der Waals surface area (Å²) in [4.78, 5) is 23.0. The van der Waals surface area contributed by atoms with Gasteiger partial charge in [0, 0.05) is 12.5 Å². The second-order valence-electron chi connectivity index (χ2n) is 4.31. The van der Waals surface area contributed by atoms with Crippen LogP contribution in [-0.4, -0.2) is 38.7 Å². The number of rotatable bonds is 4. The quantitative estimate of drug-likeness (QED) is 0.612. The zero-order valence-electron chi connectivity index (χ0n) is 10.9. The van der Waals surface area contributed by atoms with E-state index in [1.807, 2.05) is 6.92 Å². The average Bonchev–Trinajstić information content (AvgIpc) is 2.71. The van der Waals surface area contributed by atoms with Crippen LogP contribution in [0.2, 0.25) is 0 Å². The first-order valence-corrected chi connectivity index (χ1v) is 5.54. The van der Waals surface area contributed by atoms with Crippen LogP contribution in [0.5, 0.6) is 0 Å². The number of halogens is 1. The van der Waals surface area contributed by atoms with Gasteiger partial charge in [-0.2, -0.15) is 0 Å². The van der Waals surface area contributed by atoms with Crippen LogP contribution in [0, 0.1) is 11.8 Å². The Morgan fingerprint density at radius 1 is 1.33 bits per heavy atom. The molecule has 0 spiro atoms. The van der Waals surface area contributed by atoms with E-state index >= 15 is 0 Å². The Morgan fingerprint density at radius 2 is 1.94 bits per heavy atom. The number of ether oxygens (including phenoxy) is 2. The molecule has 6 heteroatoms. The molecule has 3 atom stereocenters. The van der Waals surface area contributed by atoms with Crippen LogP contribution in [0.4, 0.5) is 0 Å². The molecule has 0 radical (unpaired) electrons. The van der Waals surface area contributed by atoms with Gasteiger partial charge in [-0.15, -0.1) is 12.4 Å². The largest absolute Gasteiger partial charge is 0.469 e. The molecule has 0 aliphatic carbocycles. The molecule has 18 heavy (non-hydrogen) atoms. The lowest BCUT2D eigenvalue weighted by molar-refractivity contribution is -0.146. The fraction of sp³-hybridized carbons (Fsp3) is 0.667. The van der Waals surface area contributed by atoms with Crippen molar-refractivity contribution in [3.05, 3.63) is 12.2 Å². The molecule has 1 N–H and O–H groups in total. The van der Waals surface area contributed by atoms with E-state index in [2.05, 4.69) is 16.6 Å². The number of carbonyl (C=O) groups is 2. The number of methoxy groups -OCH3 is 2. The van der Waals surface area contributed by atoms with Gasteiger partial charge in [-0.05, 0) is 12.8 Å². The molecule has 0 amide bonds. The van der Waals surface area contributed by atoms with Crippen molar-refractivity contribution in [3.8, 4) is 0 Å². The third kappa shape index (κ3) is 3.71. The summed E-state index contributed by atoms with van der Waals surface area (Å²) in [7, 11) is 2.68. The Morgan fingerprint density at radius 3 is 2.39 bits per heavy atom. The summed E-state index contributed by atoms with van der Waals surface area (Å²) in [5.74, 6) is -0.716. The number of esters is 2. The Hall–Kier alpha value is -1.07. The van der Waals surface area contributed by atoms with E-state index < -0.39 is 6.04 Å². The van der Waals surface area contributed by atoms with Crippen molar-refractivity contribution >= 4 is 24.3 Å². The summed E-state index contributed by atoms with van der Waals surface area (Å²) in [5.41, 5.74) is 0.956. The maximum Gasteiger partial charge on any atom is 0.323 e. The van der Waals surface area contributed by atoms with Gasteiger partial charge in [0.1, 0.15) is 6.04 Å². The normalized spacial score (nSPS) is 26.1. The molecule has 104 valence electrons. The summed E-state index contributed by atoms with van der Waals surface area (Å²) < 4.78 is 9.38. The van der Waals surface area contributed by atoms with Gasteiger partial charge in [-0.25, -0.2) is 0 Å². The minimum Gasteiger partial charge on any atom is -0.469 e. The highest BCUT2D eigenvalue weighted by Gasteiger charge is 2.42. The predicted molar refractivity (Wildman–Crippen MR) is 69.5 cm³/mol. The van der Waals surface area contributed by atoms with Crippen LogP contribution >= 0.6 is 12.4 Å². The molecule has 0 unspecified atom stereocenters. The third-order valence-electron chi connectivity index (χ3n) is 3.22. The van der Waals surface area contributed by atoms with Gasteiger partial charge in [-0.3, -0.25) is 9.59 Å². The predicted octanol–water partition coefficient (Wildman–Crippen LogP) is 0.925. The molecule has 1 saturated heterocycles. The van der Waals surface area contributed by atoms with Crippen molar-refractivity contribution in [3.63, 3.8) is 0 Å². The summed E-state index contributed by atoms with van der Waals surface area (Å²) >= 11 is 0. The van der Waals surface area contributed by atoms with E-state index in [1.54, 1.807) is 0 Å². The number of nitrogens with one attached hydrogen (secondary N) is 1. The van der Waals surface area contributed by atoms with Crippen LogP contribution in [0.15, 0.2) is 12.2 Å². The minimum atomic E-state index is -0.458. The van der Waals surface area contributed by atoms with Crippen LogP contribution in [0.3, 0.4) is 0 Å². The van der Waals surface area contributed by atoms with Crippen LogP contribution < -0.4 is 5.32 Å². The first kappa shape index (κ1) is 16.9. The van der Waals surface area contributed by atoms with Crippen molar-refractivity contribution in [2.45, 2.75) is 19.4 Å². The second-order valence-corrected chi connectivity index (χ2v) is 4.31. The Bertz CT molecular complexity index is 332. The molecule has 1 rings (SSSR count). The van der Waals surface area contributed by atoms with Gasteiger partial charge in [0.2, 0.25) is 0 Å². The lowest BCUT2D eigenvalue weighted by atomic mass is 9.84. The molecule has 1 aliphatic heterocycles. The van der Waals surface area contributed by atoms with Gasteiger partial charge < -0.3 is 14.8 Å². The van der Waals surface area contributed by atoms with E-state index in [9.17, 15) is 9.59 Å². The van der Waals surface area contributed by atoms with E-state index in [0.29, 0.717) is 6.54 Å². The molecule has 5 nitrogen and oxygen atoms in total. The van der Waals surface area contributed by atoms with Crippen molar-refractivity contribution in [2.24, 2.45) is 11.8 Å². The van der Waals surface area contributed by atoms with Crippen molar-refractivity contribution in [1.29, 1.82) is 0 Å². The monoisotopic (exact) mass is 277 g/mol. The number of hydrogen-bond acceptors (Lipinski definition) is 5. The van der Waals surface area contributed by atoms with E-state index in [-0.39, 0.29) is 42.6 Å². The fourth-order valence-electron chi connectivity index (χ4n) is 2.25. The van der Waals surface area contributed by atoms with E-state index in [0.717, 1.165) is 5.57 Å². The smallest absolute Gasteiger partial charge is 0.323 e. The van der Waals surface area contributed by atoms with E-state index in [4.69, 9.17) is 4.74 Å². The van der Waals surface area contributed by atoms with Crippen molar-refractivity contribution in [2.75, 3.05) is 20.8 Å². The van der Waals surface area contributed by atoms with Gasteiger partial charge in [0.15, 0.2) is 0 Å². The van der Waals surface area contributed by atoms with Crippen molar-refractivity contribution in [1.82, 2.24) is 5.32 Å². The SMILES string of the molecule is C=C(C)[C@H]1CN[C@H](C(=O)OC)[C@H]1CC(=O)OC.Cl. The minimum absolute atomic E-state index is 0. The third-order valence-corrected chi connectivity index (χ3v) is 3.22. The van der Waals surface area contributed by atoms with Gasteiger partial charge in [0.05, 0.1) is 20.6 Å². The maximum atomic E-state index is 11.6. The standard InChI is InChI=1S/C12H19NO4.ClH/c1-7(2)9-6-13-11(12(15)17-4)8(9)5-10(14)16-3;/h8-9,11,13H,1,5-6H2,2-4H3;1H/t8-,9+,11-;/m0./s1. The summed E-state index contributed by atoms with van der Waals surface area (Å²) in [5, 5.41) is 3.08. The molecule has 1 aliphatic rings. The average molecular weight is 278 g/mol. The first-order valence-electron chi connectivity index (χ1n) is 5.54. The summed E-state index contributed by atoms with van der Waals surface area (Å²) in [6, 6.07) is -0.458. The van der Waals surface area contributed by atoms with Crippen LogP contribution in [0.25, 0.3) is 0 Å². The summed E-state index contributed by atoms with van der Waals surface area (Å²) in [6.45, 7) is 6.43. The molecule has 0 bridgehead atoms. The number of hydrogen-bond donors (Lipinski definition) is 1. The fourth-order valence-corrected chi connectivity index (χ4v) is 2.25. The zero-order valence-corrected chi connectivity index (χ0v) is 11.7. The molecule has 0 aromatic heterocycles.